The van der Waals surface area contributed by atoms with Gasteiger partial charge in [-0.15, -0.1) is 0 Å². The lowest BCUT2D eigenvalue weighted by molar-refractivity contribution is 0.0911. The van der Waals surface area contributed by atoms with Crippen LogP contribution in [0.15, 0.2) is 24.3 Å². The predicted octanol–water partition coefficient (Wildman–Crippen LogP) is 2.94. The maximum atomic E-state index is 12.1. The number of hydrogen-bond donors (Lipinski definition) is 1. The van der Waals surface area contributed by atoms with E-state index in [1.54, 1.807) is 24.3 Å². The van der Waals surface area contributed by atoms with Gasteiger partial charge in [-0.05, 0) is 44.0 Å². The Morgan fingerprint density at radius 2 is 2.16 bits per heavy atom. The molecule has 0 atom stereocenters. The SMILES string of the molecule is CCCN1CCC(NC(=O)c2cccc(Cl)c2)CC1. The number of halogens is 1. The fourth-order valence-corrected chi connectivity index (χ4v) is 2.71. The summed E-state index contributed by atoms with van der Waals surface area (Å²) < 4.78 is 0. The Labute approximate surface area is 119 Å². The van der Waals surface area contributed by atoms with Gasteiger partial charge < -0.3 is 10.2 Å². The molecule has 1 aliphatic heterocycles. The highest BCUT2D eigenvalue weighted by molar-refractivity contribution is 6.30. The molecule has 4 heteroatoms. The van der Waals surface area contributed by atoms with Crippen LogP contribution in [-0.2, 0) is 0 Å². The van der Waals surface area contributed by atoms with Crippen molar-refractivity contribution in [1.29, 1.82) is 0 Å². The van der Waals surface area contributed by atoms with Crippen molar-refractivity contribution in [3.05, 3.63) is 34.9 Å². The molecule has 1 aliphatic rings. The summed E-state index contributed by atoms with van der Waals surface area (Å²) in [6.07, 6.45) is 3.26. The number of benzene rings is 1. The molecule has 2 rings (SSSR count). The number of nitrogens with zero attached hydrogens (tertiary/aromatic N) is 1. The lowest BCUT2D eigenvalue weighted by Crippen LogP contribution is -2.44. The molecular weight excluding hydrogens is 260 g/mol. The van der Waals surface area contributed by atoms with Crippen LogP contribution < -0.4 is 5.32 Å². The largest absolute Gasteiger partial charge is 0.349 e. The summed E-state index contributed by atoms with van der Waals surface area (Å²) in [5, 5.41) is 3.70. The molecule has 1 saturated heterocycles. The molecule has 1 heterocycles. The Hall–Kier alpha value is -1.06. The van der Waals surface area contributed by atoms with E-state index in [0.717, 1.165) is 32.5 Å². The van der Waals surface area contributed by atoms with Gasteiger partial charge in [-0.2, -0.15) is 0 Å². The van der Waals surface area contributed by atoms with E-state index in [4.69, 9.17) is 11.6 Å². The fraction of sp³-hybridized carbons (Fsp3) is 0.533. The summed E-state index contributed by atoms with van der Waals surface area (Å²) in [4.78, 5) is 14.5. The second-order valence-electron chi connectivity index (χ2n) is 5.10. The van der Waals surface area contributed by atoms with Crippen molar-refractivity contribution in [2.24, 2.45) is 0 Å². The fourth-order valence-electron chi connectivity index (χ4n) is 2.52. The molecule has 19 heavy (non-hydrogen) atoms. The predicted molar refractivity (Wildman–Crippen MR) is 78.7 cm³/mol. The van der Waals surface area contributed by atoms with Gasteiger partial charge in [0.25, 0.3) is 5.91 Å². The van der Waals surface area contributed by atoms with E-state index in [1.165, 1.54) is 6.42 Å². The number of carbonyl (C=O) groups excluding carboxylic acids is 1. The first kappa shape index (κ1) is 14.4. The third-order valence-corrected chi connectivity index (χ3v) is 3.78. The number of likely N-dealkylation sites (tertiary alicyclic amines) is 1. The van der Waals surface area contributed by atoms with Gasteiger partial charge >= 0.3 is 0 Å². The molecule has 0 radical (unpaired) electrons. The number of piperidine rings is 1. The first-order valence-corrected chi connectivity index (χ1v) is 7.35. The number of hydrogen-bond acceptors (Lipinski definition) is 2. The molecular formula is C15H21ClN2O. The van der Waals surface area contributed by atoms with Crippen molar-refractivity contribution in [3.8, 4) is 0 Å². The molecule has 1 aromatic rings. The van der Waals surface area contributed by atoms with Gasteiger partial charge in [0.2, 0.25) is 0 Å². The highest BCUT2D eigenvalue weighted by atomic mass is 35.5. The number of nitrogens with one attached hydrogen (secondary N) is 1. The summed E-state index contributed by atoms with van der Waals surface area (Å²) in [6, 6.07) is 7.39. The molecule has 1 aromatic carbocycles. The third kappa shape index (κ3) is 4.22. The average molecular weight is 281 g/mol. The van der Waals surface area contributed by atoms with Crippen molar-refractivity contribution in [3.63, 3.8) is 0 Å². The highest BCUT2D eigenvalue weighted by Crippen LogP contribution is 2.13. The molecule has 1 amide bonds. The molecule has 1 fully saturated rings. The molecule has 0 bridgehead atoms. The second kappa shape index (κ2) is 6.92. The minimum absolute atomic E-state index is 0.0172. The van der Waals surface area contributed by atoms with Crippen LogP contribution in [0.1, 0.15) is 36.5 Å². The van der Waals surface area contributed by atoms with Crippen LogP contribution >= 0.6 is 11.6 Å². The summed E-state index contributed by atoms with van der Waals surface area (Å²) in [6.45, 7) is 5.52. The standard InChI is InChI=1S/C15H21ClN2O/c1-2-8-18-9-6-14(7-10-18)17-15(19)12-4-3-5-13(16)11-12/h3-5,11,14H,2,6-10H2,1H3,(H,17,19). The van der Waals surface area contributed by atoms with Crippen LogP contribution in [0.3, 0.4) is 0 Å². The van der Waals surface area contributed by atoms with E-state index in [9.17, 15) is 4.79 Å². The number of rotatable bonds is 4. The first-order chi connectivity index (χ1) is 9.19. The van der Waals surface area contributed by atoms with Crippen molar-refractivity contribution >= 4 is 17.5 Å². The van der Waals surface area contributed by atoms with Gasteiger partial charge in [0, 0.05) is 29.7 Å². The molecule has 0 aromatic heterocycles. The maximum Gasteiger partial charge on any atom is 0.251 e. The molecule has 0 spiro atoms. The van der Waals surface area contributed by atoms with Gasteiger partial charge in [-0.3, -0.25) is 4.79 Å². The van der Waals surface area contributed by atoms with Crippen molar-refractivity contribution in [2.75, 3.05) is 19.6 Å². The minimum Gasteiger partial charge on any atom is -0.349 e. The van der Waals surface area contributed by atoms with E-state index in [1.807, 2.05) is 0 Å². The number of carbonyl (C=O) groups is 1. The van der Waals surface area contributed by atoms with Crippen molar-refractivity contribution in [1.82, 2.24) is 10.2 Å². The Balaban J connectivity index is 1.84. The van der Waals surface area contributed by atoms with E-state index in [-0.39, 0.29) is 5.91 Å². The Bertz CT molecular complexity index is 428. The van der Waals surface area contributed by atoms with E-state index >= 15 is 0 Å². The molecule has 3 nitrogen and oxygen atoms in total. The lowest BCUT2D eigenvalue weighted by atomic mass is 10.0. The van der Waals surface area contributed by atoms with Crippen LogP contribution in [0.4, 0.5) is 0 Å². The van der Waals surface area contributed by atoms with Crippen LogP contribution in [0.25, 0.3) is 0 Å². The summed E-state index contributed by atoms with van der Waals surface area (Å²) >= 11 is 5.90. The monoisotopic (exact) mass is 280 g/mol. The number of amides is 1. The van der Waals surface area contributed by atoms with Crippen LogP contribution in [0, 0.1) is 0 Å². The summed E-state index contributed by atoms with van der Waals surface area (Å²) in [5.41, 5.74) is 0.642. The normalized spacial score (nSPS) is 17.4. The zero-order valence-electron chi connectivity index (χ0n) is 11.4. The topological polar surface area (TPSA) is 32.3 Å². The van der Waals surface area contributed by atoms with E-state index in [0.29, 0.717) is 16.6 Å². The van der Waals surface area contributed by atoms with E-state index in [2.05, 4.69) is 17.1 Å². The van der Waals surface area contributed by atoms with Crippen LogP contribution in [0.5, 0.6) is 0 Å². The van der Waals surface area contributed by atoms with Crippen molar-refractivity contribution < 1.29 is 4.79 Å². The minimum atomic E-state index is -0.0172. The van der Waals surface area contributed by atoms with Crippen LogP contribution in [0.2, 0.25) is 5.02 Å². The van der Waals surface area contributed by atoms with Crippen molar-refractivity contribution in [2.45, 2.75) is 32.2 Å². The van der Waals surface area contributed by atoms with Gasteiger partial charge in [-0.1, -0.05) is 24.6 Å². The highest BCUT2D eigenvalue weighted by Gasteiger charge is 2.20. The molecule has 0 unspecified atom stereocenters. The maximum absolute atomic E-state index is 12.1. The first-order valence-electron chi connectivity index (χ1n) is 6.98. The summed E-state index contributed by atoms with van der Waals surface area (Å²) in [5.74, 6) is -0.0172. The van der Waals surface area contributed by atoms with Crippen LogP contribution in [-0.4, -0.2) is 36.5 Å². The third-order valence-electron chi connectivity index (χ3n) is 3.55. The molecule has 0 saturated carbocycles. The Morgan fingerprint density at radius 3 is 2.79 bits per heavy atom. The zero-order chi connectivity index (χ0) is 13.7. The van der Waals surface area contributed by atoms with Gasteiger partial charge in [0.1, 0.15) is 0 Å². The Morgan fingerprint density at radius 1 is 1.42 bits per heavy atom. The lowest BCUT2D eigenvalue weighted by Gasteiger charge is -2.32. The van der Waals surface area contributed by atoms with Gasteiger partial charge in [0.05, 0.1) is 0 Å². The quantitative estimate of drug-likeness (QED) is 0.920. The Kier molecular flexibility index (Phi) is 5.23. The van der Waals surface area contributed by atoms with Gasteiger partial charge in [-0.25, -0.2) is 0 Å². The summed E-state index contributed by atoms with van der Waals surface area (Å²) in [7, 11) is 0. The molecule has 1 N–H and O–H groups in total. The smallest absolute Gasteiger partial charge is 0.251 e. The molecule has 104 valence electrons. The second-order valence-corrected chi connectivity index (χ2v) is 5.54. The average Bonchev–Trinajstić information content (AvgIpc) is 2.41. The van der Waals surface area contributed by atoms with E-state index < -0.39 is 0 Å². The molecule has 0 aliphatic carbocycles. The van der Waals surface area contributed by atoms with Gasteiger partial charge in [0.15, 0.2) is 0 Å². The zero-order valence-corrected chi connectivity index (χ0v) is 12.1.